The monoisotopic (exact) mass is 335 g/mol. The largest absolute Gasteiger partial charge is 0.461 e. The molecular formula is C22H25NO2. The number of rotatable bonds is 5. The van der Waals surface area contributed by atoms with Crippen LogP contribution in [0.15, 0.2) is 52.9 Å². The van der Waals surface area contributed by atoms with Gasteiger partial charge in [0.05, 0.1) is 6.61 Å². The molecule has 0 amide bonds. The standard InChI is InChI=1S/C22H25NO2/c1-16-3-2-11-23(16)12-10-21-14-20-13-19(8-9-22(20)25-21)18-6-4-17(15-24)5-7-18/h4-9,13-14,16,24H,2-3,10-12,15H2,1H3/t16-/m1/s1. The first kappa shape index (κ1) is 16.4. The Kier molecular flexibility index (Phi) is 4.60. The molecule has 4 rings (SSSR count). The van der Waals surface area contributed by atoms with Crippen molar-refractivity contribution >= 4 is 11.0 Å². The zero-order valence-corrected chi connectivity index (χ0v) is 14.7. The van der Waals surface area contributed by atoms with Gasteiger partial charge in [0, 0.05) is 24.4 Å². The molecule has 0 unspecified atom stereocenters. The molecule has 1 aromatic heterocycles. The number of hydrogen-bond acceptors (Lipinski definition) is 3. The third kappa shape index (κ3) is 3.48. The van der Waals surface area contributed by atoms with Gasteiger partial charge in [-0.3, -0.25) is 0 Å². The third-order valence-electron chi connectivity index (χ3n) is 5.37. The van der Waals surface area contributed by atoms with Crippen molar-refractivity contribution in [3.8, 4) is 11.1 Å². The molecule has 1 saturated heterocycles. The summed E-state index contributed by atoms with van der Waals surface area (Å²) in [6.07, 6.45) is 3.61. The van der Waals surface area contributed by atoms with E-state index in [9.17, 15) is 5.11 Å². The van der Waals surface area contributed by atoms with Crippen LogP contribution < -0.4 is 0 Å². The fourth-order valence-electron chi connectivity index (χ4n) is 3.78. The van der Waals surface area contributed by atoms with Gasteiger partial charge >= 0.3 is 0 Å². The third-order valence-corrected chi connectivity index (χ3v) is 5.37. The van der Waals surface area contributed by atoms with E-state index in [4.69, 9.17) is 4.42 Å². The maximum atomic E-state index is 9.17. The SMILES string of the molecule is C[C@@H]1CCCN1CCc1cc2cc(-c3ccc(CO)cc3)ccc2o1. The molecule has 3 nitrogen and oxygen atoms in total. The molecule has 0 bridgehead atoms. The van der Waals surface area contributed by atoms with E-state index >= 15 is 0 Å². The molecule has 0 radical (unpaired) electrons. The van der Waals surface area contributed by atoms with Crippen LogP contribution in [0.2, 0.25) is 0 Å². The summed E-state index contributed by atoms with van der Waals surface area (Å²) in [5, 5.41) is 10.3. The van der Waals surface area contributed by atoms with E-state index < -0.39 is 0 Å². The van der Waals surface area contributed by atoms with Gasteiger partial charge in [-0.2, -0.15) is 0 Å². The van der Waals surface area contributed by atoms with Gasteiger partial charge < -0.3 is 14.4 Å². The molecule has 1 atom stereocenters. The van der Waals surface area contributed by atoms with Crippen molar-refractivity contribution in [2.45, 2.75) is 38.8 Å². The second-order valence-corrected chi connectivity index (χ2v) is 7.10. The highest BCUT2D eigenvalue weighted by Gasteiger charge is 2.20. The summed E-state index contributed by atoms with van der Waals surface area (Å²) in [6, 6.07) is 17.3. The van der Waals surface area contributed by atoms with Crippen molar-refractivity contribution in [1.29, 1.82) is 0 Å². The number of aliphatic hydroxyl groups is 1. The summed E-state index contributed by atoms with van der Waals surface area (Å²) in [5.41, 5.74) is 4.23. The molecule has 3 aromatic rings. The van der Waals surface area contributed by atoms with E-state index in [1.54, 1.807) is 0 Å². The summed E-state index contributed by atoms with van der Waals surface area (Å²) in [4.78, 5) is 2.56. The second-order valence-electron chi connectivity index (χ2n) is 7.10. The smallest absolute Gasteiger partial charge is 0.134 e. The Hall–Kier alpha value is -2.10. The van der Waals surface area contributed by atoms with Crippen LogP contribution in [-0.4, -0.2) is 29.1 Å². The van der Waals surface area contributed by atoms with Crippen LogP contribution in [0, 0.1) is 0 Å². The number of aliphatic hydroxyl groups excluding tert-OH is 1. The van der Waals surface area contributed by atoms with Gasteiger partial charge in [0.2, 0.25) is 0 Å². The van der Waals surface area contributed by atoms with Crippen LogP contribution in [0.25, 0.3) is 22.1 Å². The van der Waals surface area contributed by atoms with Crippen LogP contribution >= 0.6 is 0 Å². The first-order valence-electron chi connectivity index (χ1n) is 9.19. The molecule has 25 heavy (non-hydrogen) atoms. The van der Waals surface area contributed by atoms with Gasteiger partial charge in [0.25, 0.3) is 0 Å². The summed E-state index contributed by atoms with van der Waals surface area (Å²) in [7, 11) is 0. The second kappa shape index (κ2) is 7.03. The Morgan fingerprint density at radius 2 is 1.88 bits per heavy atom. The van der Waals surface area contributed by atoms with Crippen molar-refractivity contribution in [3.63, 3.8) is 0 Å². The minimum absolute atomic E-state index is 0.0834. The number of furan rings is 1. The van der Waals surface area contributed by atoms with Crippen LogP contribution in [0.4, 0.5) is 0 Å². The number of fused-ring (bicyclic) bond motifs is 1. The lowest BCUT2D eigenvalue weighted by Crippen LogP contribution is -2.28. The van der Waals surface area contributed by atoms with E-state index in [0.29, 0.717) is 6.04 Å². The summed E-state index contributed by atoms with van der Waals surface area (Å²) in [6.45, 7) is 4.70. The van der Waals surface area contributed by atoms with Crippen molar-refractivity contribution in [1.82, 2.24) is 4.90 Å². The zero-order chi connectivity index (χ0) is 17.2. The molecule has 0 saturated carbocycles. The highest BCUT2D eigenvalue weighted by atomic mass is 16.3. The Morgan fingerprint density at radius 3 is 2.60 bits per heavy atom. The highest BCUT2D eigenvalue weighted by Crippen LogP contribution is 2.27. The number of hydrogen-bond donors (Lipinski definition) is 1. The van der Waals surface area contributed by atoms with Crippen LogP contribution in [-0.2, 0) is 13.0 Å². The zero-order valence-electron chi connectivity index (χ0n) is 14.7. The maximum Gasteiger partial charge on any atom is 0.134 e. The van der Waals surface area contributed by atoms with Crippen LogP contribution in [0.3, 0.4) is 0 Å². The molecule has 2 heterocycles. The molecule has 2 aromatic carbocycles. The van der Waals surface area contributed by atoms with Gasteiger partial charge in [-0.05, 0) is 61.2 Å². The Labute approximate surface area is 148 Å². The summed E-state index contributed by atoms with van der Waals surface area (Å²) >= 11 is 0. The molecule has 1 aliphatic rings. The lowest BCUT2D eigenvalue weighted by molar-refractivity contribution is 0.266. The molecule has 3 heteroatoms. The van der Waals surface area contributed by atoms with Gasteiger partial charge in [-0.1, -0.05) is 30.3 Å². The van der Waals surface area contributed by atoms with Crippen LogP contribution in [0.5, 0.6) is 0 Å². The number of likely N-dealkylation sites (tertiary alicyclic amines) is 1. The van der Waals surface area contributed by atoms with E-state index in [1.807, 2.05) is 12.1 Å². The predicted octanol–water partition coefficient (Wildman–Crippen LogP) is 4.62. The lowest BCUT2D eigenvalue weighted by Gasteiger charge is -2.19. The van der Waals surface area contributed by atoms with Gasteiger partial charge in [0.15, 0.2) is 0 Å². The molecule has 1 N–H and O–H groups in total. The van der Waals surface area contributed by atoms with Crippen molar-refractivity contribution in [3.05, 3.63) is 59.9 Å². The predicted molar refractivity (Wildman–Crippen MR) is 102 cm³/mol. The lowest BCUT2D eigenvalue weighted by atomic mass is 10.0. The molecule has 130 valence electrons. The first-order chi connectivity index (χ1) is 12.2. The minimum atomic E-state index is 0.0834. The van der Waals surface area contributed by atoms with Gasteiger partial charge in [-0.15, -0.1) is 0 Å². The Balaban J connectivity index is 1.52. The Bertz CT molecular complexity index is 850. The van der Waals surface area contributed by atoms with Gasteiger partial charge in [0.1, 0.15) is 11.3 Å². The fraction of sp³-hybridized carbons (Fsp3) is 0.364. The Morgan fingerprint density at radius 1 is 1.08 bits per heavy atom. The maximum absolute atomic E-state index is 9.17. The molecular weight excluding hydrogens is 310 g/mol. The van der Waals surface area contributed by atoms with Crippen LogP contribution in [0.1, 0.15) is 31.1 Å². The number of nitrogens with zero attached hydrogens (tertiary/aromatic N) is 1. The molecule has 1 aliphatic heterocycles. The summed E-state index contributed by atoms with van der Waals surface area (Å²) in [5.74, 6) is 1.07. The van der Waals surface area contributed by atoms with E-state index in [0.717, 1.165) is 40.8 Å². The van der Waals surface area contributed by atoms with Crippen molar-refractivity contribution < 1.29 is 9.52 Å². The molecule has 0 aliphatic carbocycles. The van der Waals surface area contributed by atoms with E-state index in [-0.39, 0.29) is 6.61 Å². The summed E-state index contributed by atoms with van der Waals surface area (Å²) < 4.78 is 6.03. The topological polar surface area (TPSA) is 36.6 Å². The first-order valence-corrected chi connectivity index (χ1v) is 9.19. The van der Waals surface area contributed by atoms with Gasteiger partial charge in [-0.25, -0.2) is 0 Å². The molecule has 1 fully saturated rings. The molecule has 0 spiro atoms. The average molecular weight is 335 g/mol. The van der Waals surface area contributed by atoms with E-state index in [2.05, 4.69) is 48.2 Å². The van der Waals surface area contributed by atoms with E-state index in [1.165, 1.54) is 24.9 Å². The fourth-order valence-corrected chi connectivity index (χ4v) is 3.78. The van der Waals surface area contributed by atoms with Crippen molar-refractivity contribution in [2.24, 2.45) is 0 Å². The quantitative estimate of drug-likeness (QED) is 0.739. The normalized spacial score (nSPS) is 18.2. The number of benzene rings is 2. The minimum Gasteiger partial charge on any atom is -0.461 e. The average Bonchev–Trinajstić information content (AvgIpc) is 3.24. The highest BCUT2D eigenvalue weighted by molar-refractivity contribution is 5.84. The van der Waals surface area contributed by atoms with Crippen molar-refractivity contribution in [2.75, 3.05) is 13.1 Å².